The van der Waals surface area contributed by atoms with Gasteiger partial charge in [-0.2, -0.15) is 0 Å². The standard InChI is InChI=1S/C13H19N3O2S.ClH/c1-2-10(14)12(17)15-5-7-16(8-6-15)13(18)11-4-3-9-19-11;/h3-4,9-10H,2,5-8,14H2,1H3;1H/t10-;/m0./s1. The zero-order valence-corrected chi connectivity index (χ0v) is 13.1. The molecule has 1 aromatic rings. The van der Waals surface area contributed by atoms with E-state index in [2.05, 4.69) is 0 Å². The lowest BCUT2D eigenvalue weighted by molar-refractivity contribution is -0.134. The Kier molecular flexibility index (Phi) is 6.45. The van der Waals surface area contributed by atoms with Gasteiger partial charge in [-0.15, -0.1) is 23.7 Å². The predicted octanol–water partition coefficient (Wildman–Crippen LogP) is 1.19. The van der Waals surface area contributed by atoms with E-state index >= 15 is 0 Å². The minimum absolute atomic E-state index is 0. The van der Waals surface area contributed by atoms with Crippen molar-refractivity contribution in [3.05, 3.63) is 22.4 Å². The third kappa shape index (κ3) is 3.71. The highest BCUT2D eigenvalue weighted by Gasteiger charge is 2.27. The molecule has 1 saturated heterocycles. The Balaban J connectivity index is 0.00000200. The normalized spacial score (nSPS) is 16.5. The average molecular weight is 318 g/mol. The average Bonchev–Trinajstić information content (AvgIpc) is 2.99. The summed E-state index contributed by atoms with van der Waals surface area (Å²) in [5, 5.41) is 1.90. The quantitative estimate of drug-likeness (QED) is 0.910. The fraction of sp³-hybridized carbons (Fsp3) is 0.538. The van der Waals surface area contributed by atoms with Gasteiger partial charge in [-0.1, -0.05) is 13.0 Å². The van der Waals surface area contributed by atoms with Gasteiger partial charge in [0.1, 0.15) is 0 Å². The molecule has 2 amide bonds. The molecular formula is C13H20ClN3O2S. The van der Waals surface area contributed by atoms with Crippen molar-refractivity contribution in [2.45, 2.75) is 19.4 Å². The molecule has 1 fully saturated rings. The van der Waals surface area contributed by atoms with Gasteiger partial charge in [-0.3, -0.25) is 9.59 Å². The molecule has 1 aliphatic rings. The molecule has 0 aromatic carbocycles. The lowest BCUT2D eigenvalue weighted by Crippen LogP contribution is -2.54. The van der Waals surface area contributed by atoms with Crippen LogP contribution < -0.4 is 5.73 Å². The second-order valence-electron chi connectivity index (χ2n) is 4.61. The van der Waals surface area contributed by atoms with E-state index in [0.717, 1.165) is 4.88 Å². The number of nitrogens with zero attached hydrogens (tertiary/aromatic N) is 2. The van der Waals surface area contributed by atoms with E-state index in [1.165, 1.54) is 11.3 Å². The maximum Gasteiger partial charge on any atom is 0.264 e. The Labute approximate surface area is 129 Å². The molecule has 1 aromatic heterocycles. The molecule has 2 heterocycles. The molecule has 2 N–H and O–H groups in total. The fourth-order valence-electron chi connectivity index (χ4n) is 2.10. The molecule has 0 radical (unpaired) electrons. The van der Waals surface area contributed by atoms with E-state index < -0.39 is 6.04 Å². The molecular weight excluding hydrogens is 298 g/mol. The van der Waals surface area contributed by atoms with Gasteiger partial charge in [0, 0.05) is 26.2 Å². The minimum Gasteiger partial charge on any atom is -0.338 e. The van der Waals surface area contributed by atoms with Crippen LogP contribution in [0.15, 0.2) is 17.5 Å². The van der Waals surface area contributed by atoms with Gasteiger partial charge >= 0.3 is 0 Å². The van der Waals surface area contributed by atoms with Crippen LogP contribution in [0, 0.1) is 0 Å². The Morgan fingerprint density at radius 1 is 1.30 bits per heavy atom. The molecule has 0 bridgehead atoms. The first-order chi connectivity index (χ1) is 9.13. The number of amides is 2. The summed E-state index contributed by atoms with van der Waals surface area (Å²) < 4.78 is 0. The van der Waals surface area contributed by atoms with E-state index in [0.29, 0.717) is 32.6 Å². The maximum atomic E-state index is 12.1. The predicted molar refractivity (Wildman–Crippen MR) is 82.3 cm³/mol. The number of hydrogen-bond acceptors (Lipinski definition) is 4. The number of rotatable bonds is 3. The highest BCUT2D eigenvalue weighted by Crippen LogP contribution is 2.14. The molecule has 5 nitrogen and oxygen atoms in total. The third-order valence-corrected chi connectivity index (χ3v) is 4.23. The van der Waals surface area contributed by atoms with Crippen molar-refractivity contribution in [1.82, 2.24) is 9.80 Å². The van der Waals surface area contributed by atoms with E-state index in [1.54, 1.807) is 9.80 Å². The van der Waals surface area contributed by atoms with Crippen LogP contribution in [-0.4, -0.2) is 53.8 Å². The molecule has 2 rings (SSSR count). The van der Waals surface area contributed by atoms with Gasteiger partial charge in [0.2, 0.25) is 5.91 Å². The molecule has 1 aliphatic heterocycles. The van der Waals surface area contributed by atoms with Crippen molar-refractivity contribution in [3.63, 3.8) is 0 Å². The number of thiophene rings is 1. The summed E-state index contributed by atoms with van der Waals surface area (Å²) >= 11 is 1.45. The third-order valence-electron chi connectivity index (χ3n) is 3.37. The Morgan fingerprint density at radius 2 is 1.90 bits per heavy atom. The van der Waals surface area contributed by atoms with Gasteiger partial charge < -0.3 is 15.5 Å². The topological polar surface area (TPSA) is 66.6 Å². The summed E-state index contributed by atoms with van der Waals surface area (Å²) in [5.41, 5.74) is 5.75. The summed E-state index contributed by atoms with van der Waals surface area (Å²) in [6.07, 6.45) is 0.646. The van der Waals surface area contributed by atoms with Crippen molar-refractivity contribution in [2.24, 2.45) is 5.73 Å². The number of hydrogen-bond donors (Lipinski definition) is 1. The van der Waals surface area contributed by atoms with Gasteiger partial charge in [0.05, 0.1) is 10.9 Å². The van der Waals surface area contributed by atoms with E-state index in [-0.39, 0.29) is 24.2 Å². The summed E-state index contributed by atoms with van der Waals surface area (Å²) in [7, 11) is 0. The summed E-state index contributed by atoms with van der Waals surface area (Å²) in [4.78, 5) is 28.4. The first-order valence-corrected chi connectivity index (χ1v) is 7.38. The molecule has 0 aliphatic carbocycles. The highest BCUT2D eigenvalue weighted by atomic mass is 35.5. The van der Waals surface area contributed by atoms with Gasteiger partial charge in [0.25, 0.3) is 5.91 Å². The SMILES string of the molecule is CC[C@H](N)C(=O)N1CCN(C(=O)c2cccs2)CC1.Cl. The smallest absolute Gasteiger partial charge is 0.264 e. The molecule has 20 heavy (non-hydrogen) atoms. The van der Waals surface area contributed by atoms with Crippen LogP contribution >= 0.6 is 23.7 Å². The van der Waals surface area contributed by atoms with Crippen LogP contribution in [-0.2, 0) is 4.79 Å². The number of piperazine rings is 1. The van der Waals surface area contributed by atoms with E-state index in [1.807, 2.05) is 24.4 Å². The second-order valence-corrected chi connectivity index (χ2v) is 5.56. The monoisotopic (exact) mass is 317 g/mol. The fourth-order valence-corrected chi connectivity index (χ4v) is 2.79. The van der Waals surface area contributed by atoms with Gasteiger partial charge in [0.15, 0.2) is 0 Å². The van der Waals surface area contributed by atoms with Crippen LogP contribution in [0.5, 0.6) is 0 Å². The van der Waals surface area contributed by atoms with E-state index in [4.69, 9.17) is 5.73 Å². The van der Waals surface area contributed by atoms with Crippen molar-refractivity contribution in [3.8, 4) is 0 Å². The van der Waals surface area contributed by atoms with Crippen LogP contribution in [0.4, 0.5) is 0 Å². The zero-order chi connectivity index (χ0) is 13.8. The van der Waals surface area contributed by atoms with Crippen LogP contribution in [0.25, 0.3) is 0 Å². The lowest BCUT2D eigenvalue weighted by Gasteiger charge is -2.35. The second kappa shape index (κ2) is 7.61. The van der Waals surface area contributed by atoms with Crippen LogP contribution in [0.3, 0.4) is 0 Å². The van der Waals surface area contributed by atoms with Crippen molar-refractivity contribution >= 4 is 35.6 Å². The Morgan fingerprint density at radius 3 is 2.40 bits per heavy atom. The molecule has 0 unspecified atom stereocenters. The van der Waals surface area contributed by atoms with Crippen LogP contribution in [0.1, 0.15) is 23.0 Å². The van der Waals surface area contributed by atoms with E-state index in [9.17, 15) is 9.59 Å². The minimum atomic E-state index is -0.417. The van der Waals surface area contributed by atoms with Crippen LogP contribution in [0.2, 0.25) is 0 Å². The summed E-state index contributed by atoms with van der Waals surface area (Å²) in [6, 6.07) is 3.29. The Bertz CT molecular complexity index is 444. The van der Waals surface area contributed by atoms with Gasteiger partial charge in [-0.25, -0.2) is 0 Å². The molecule has 0 spiro atoms. The molecule has 1 atom stereocenters. The maximum absolute atomic E-state index is 12.1. The molecule has 7 heteroatoms. The van der Waals surface area contributed by atoms with Crippen molar-refractivity contribution in [1.29, 1.82) is 0 Å². The highest BCUT2D eigenvalue weighted by molar-refractivity contribution is 7.12. The molecule has 112 valence electrons. The van der Waals surface area contributed by atoms with Crippen molar-refractivity contribution < 1.29 is 9.59 Å². The largest absolute Gasteiger partial charge is 0.338 e. The first-order valence-electron chi connectivity index (χ1n) is 6.50. The summed E-state index contributed by atoms with van der Waals surface area (Å²) in [6.45, 7) is 4.21. The molecule has 0 saturated carbocycles. The number of carbonyl (C=O) groups excluding carboxylic acids is 2. The lowest BCUT2D eigenvalue weighted by atomic mass is 10.2. The van der Waals surface area contributed by atoms with Gasteiger partial charge in [-0.05, 0) is 17.9 Å². The Hall–Kier alpha value is -1.11. The number of nitrogens with two attached hydrogens (primary N) is 1. The summed E-state index contributed by atoms with van der Waals surface area (Å²) in [5.74, 6) is 0.0487. The van der Waals surface area contributed by atoms with Crippen molar-refractivity contribution in [2.75, 3.05) is 26.2 Å². The zero-order valence-electron chi connectivity index (χ0n) is 11.4. The number of carbonyl (C=O) groups is 2. The number of halogens is 1. The first kappa shape index (κ1) is 16.9.